The molecular formula is C21H17F6NO5. The molecule has 3 N–H and O–H groups in total. The molecule has 0 amide bonds. The van der Waals surface area contributed by atoms with Gasteiger partial charge in [0.25, 0.3) is 0 Å². The van der Waals surface area contributed by atoms with Crippen LogP contribution in [0.5, 0.6) is 5.75 Å². The number of piperidine rings is 1. The molecule has 3 rings (SSSR count). The Bertz CT molecular complexity index is 1020. The lowest BCUT2D eigenvalue weighted by Gasteiger charge is -2.38. The number of halogens is 6. The summed E-state index contributed by atoms with van der Waals surface area (Å²) in [6.07, 6.45) is 1.30. The Morgan fingerprint density at radius 2 is 1.27 bits per heavy atom. The Labute approximate surface area is 183 Å². The third-order valence-corrected chi connectivity index (χ3v) is 4.61. The number of rotatable bonds is 5. The fourth-order valence-electron chi connectivity index (χ4n) is 3.10. The fraction of sp³-hybridized carbons (Fsp3) is 0.238. The van der Waals surface area contributed by atoms with E-state index in [-0.39, 0.29) is 18.4 Å². The van der Waals surface area contributed by atoms with Crippen LogP contribution < -0.4 is 10.1 Å². The Morgan fingerprint density at radius 1 is 0.818 bits per heavy atom. The summed E-state index contributed by atoms with van der Waals surface area (Å²) in [7, 11) is 0. The Morgan fingerprint density at radius 3 is 1.73 bits per heavy atom. The maximum atomic E-state index is 14.2. The minimum Gasteiger partial charge on any atom is -0.478 e. The Hall–Kier alpha value is -3.54. The molecule has 2 aromatic carbocycles. The molecule has 0 aromatic heterocycles. The van der Waals surface area contributed by atoms with Gasteiger partial charge in [-0.15, -0.1) is 0 Å². The average Bonchev–Trinajstić information content (AvgIpc) is 2.79. The van der Waals surface area contributed by atoms with Gasteiger partial charge in [-0.05, 0) is 19.2 Å². The number of carboxylic acids is 2. The topological polar surface area (TPSA) is 95.9 Å². The highest BCUT2D eigenvalue weighted by Crippen LogP contribution is 2.40. The number of carboxylic acid groups (broad SMARTS) is 2. The molecule has 0 aliphatic carbocycles. The highest BCUT2D eigenvalue weighted by atomic mass is 19.2. The van der Waals surface area contributed by atoms with E-state index >= 15 is 0 Å². The molecule has 0 atom stereocenters. The predicted molar refractivity (Wildman–Crippen MR) is 101 cm³/mol. The van der Waals surface area contributed by atoms with Crippen molar-refractivity contribution in [3.63, 3.8) is 0 Å². The van der Waals surface area contributed by atoms with Gasteiger partial charge < -0.3 is 20.3 Å². The van der Waals surface area contributed by atoms with Crippen molar-refractivity contribution in [2.24, 2.45) is 0 Å². The van der Waals surface area contributed by atoms with E-state index in [1.807, 2.05) is 0 Å². The highest BCUT2D eigenvalue weighted by Gasteiger charge is 2.41. The molecule has 6 nitrogen and oxygen atoms in total. The lowest BCUT2D eigenvalue weighted by atomic mass is 9.84. The van der Waals surface area contributed by atoms with E-state index in [1.54, 1.807) is 0 Å². The first-order chi connectivity index (χ1) is 15.5. The summed E-state index contributed by atoms with van der Waals surface area (Å²) in [6.45, 7) is 0.646. The zero-order chi connectivity index (χ0) is 24.8. The second-order valence-electron chi connectivity index (χ2n) is 6.74. The lowest BCUT2D eigenvalue weighted by Crippen LogP contribution is -2.45. The van der Waals surface area contributed by atoms with Crippen LogP contribution in [0, 0.1) is 34.9 Å². The van der Waals surface area contributed by atoms with Crippen LogP contribution in [0.3, 0.4) is 0 Å². The van der Waals surface area contributed by atoms with E-state index in [1.165, 1.54) is 18.2 Å². The SMILES string of the molecule is Fc1ccccc1C1(Oc2c(F)c(F)c(F)c(F)c2F)CCNCC1.O=C(O)/C=C\C(=O)O. The zero-order valence-electron chi connectivity index (χ0n) is 16.7. The van der Waals surface area contributed by atoms with Crippen molar-refractivity contribution in [1.29, 1.82) is 0 Å². The number of nitrogens with one attached hydrogen (secondary N) is 1. The zero-order valence-corrected chi connectivity index (χ0v) is 16.7. The molecule has 0 saturated carbocycles. The van der Waals surface area contributed by atoms with Crippen LogP contribution in [0.1, 0.15) is 18.4 Å². The summed E-state index contributed by atoms with van der Waals surface area (Å²) in [5, 5.41) is 18.6. The molecule has 1 heterocycles. The van der Waals surface area contributed by atoms with Gasteiger partial charge in [-0.25, -0.2) is 27.2 Å². The second-order valence-corrected chi connectivity index (χ2v) is 6.74. The second kappa shape index (κ2) is 10.9. The molecule has 1 saturated heterocycles. The Kier molecular flexibility index (Phi) is 8.46. The molecule has 0 bridgehead atoms. The van der Waals surface area contributed by atoms with Gasteiger partial charge in [0.05, 0.1) is 0 Å². The van der Waals surface area contributed by atoms with E-state index in [9.17, 15) is 35.9 Å². The van der Waals surface area contributed by atoms with Gasteiger partial charge in [0, 0.05) is 30.6 Å². The van der Waals surface area contributed by atoms with Crippen LogP contribution in [-0.4, -0.2) is 35.2 Å². The van der Waals surface area contributed by atoms with Crippen molar-refractivity contribution in [1.82, 2.24) is 5.32 Å². The van der Waals surface area contributed by atoms with Crippen LogP contribution in [0.15, 0.2) is 36.4 Å². The summed E-state index contributed by atoms with van der Waals surface area (Å²) in [5.41, 5.74) is -1.55. The largest absolute Gasteiger partial charge is 0.478 e. The summed E-state index contributed by atoms with van der Waals surface area (Å²) in [6, 6.07) is 5.43. The molecule has 1 aliphatic heterocycles. The van der Waals surface area contributed by atoms with Crippen LogP contribution in [-0.2, 0) is 15.2 Å². The van der Waals surface area contributed by atoms with Crippen molar-refractivity contribution in [3.8, 4) is 5.75 Å². The highest BCUT2D eigenvalue weighted by molar-refractivity contribution is 5.89. The summed E-state index contributed by atoms with van der Waals surface area (Å²) in [5.74, 6) is -15.2. The van der Waals surface area contributed by atoms with Crippen molar-refractivity contribution in [3.05, 3.63) is 76.9 Å². The first-order valence-electron chi connectivity index (χ1n) is 9.30. The molecule has 0 radical (unpaired) electrons. The molecule has 1 aliphatic rings. The first kappa shape index (κ1) is 25.7. The quantitative estimate of drug-likeness (QED) is 0.262. The molecule has 2 aromatic rings. The smallest absolute Gasteiger partial charge is 0.328 e. The molecule has 1 fully saturated rings. The van der Waals surface area contributed by atoms with E-state index < -0.39 is 58.2 Å². The number of aliphatic carboxylic acids is 2. The maximum absolute atomic E-state index is 14.2. The molecule has 33 heavy (non-hydrogen) atoms. The first-order valence-corrected chi connectivity index (χ1v) is 9.30. The number of hydrogen-bond acceptors (Lipinski definition) is 4. The van der Waals surface area contributed by atoms with Crippen molar-refractivity contribution in [2.45, 2.75) is 18.4 Å². The van der Waals surface area contributed by atoms with Crippen LogP contribution in [0.4, 0.5) is 26.3 Å². The van der Waals surface area contributed by atoms with Gasteiger partial charge in [-0.3, -0.25) is 0 Å². The minimum absolute atomic E-state index is 0.000409. The van der Waals surface area contributed by atoms with Gasteiger partial charge in [-0.2, -0.15) is 8.78 Å². The van der Waals surface area contributed by atoms with Crippen LogP contribution in [0.2, 0.25) is 0 Å². The maximum Gasteiger partial charge on any atom is 0.328 e. The van der Waals surface area contributed by atoms with Crippen LogP contribution >= 0.6 is 0 Å². The van der Waals surface area contributed by atoms with Crippen LogP contribution in [0.25, 0.3) is 0 Å². The fourth-order valence-corrected chi connectivity index (χ4v) is 3.10. The third-order valence-electron chi connectivity index (χ3n) is 4.61. The van der Waals surface area contributed by atoms with Crippen molar-refractivity contribution in [2.75, 3.05) is 13.1 Å². The van der Waals surface area contributed by atoms with Gasteiger partial charge in [0.1, 0.15) is 11.4 Å². The average molecular weight is 477 g/mol. The normalized spacial score (nSPS) is 15.0. The van der Waals surface area contributed by atoms with Crippen molar-refractivity contribution >= 4 is 11.9 Å². The Balaban J connectivity index is 0.000000414. The standard InChI is InChI=1S/C17H13F6NO.C4H4O4/c18-10-4-2-1-3-9(10)17(5-7-24-8-6-17)25-16-14(22)12(20)11(19)13(21)15(16)23;5-3(6)1-2-4(7)8/h1-4,24H,5-8H2;1-2H,(H,5,6)(H,7,8)/b;2-1-. The summed E-state index contributed by atoms with van der Waals surface area (Å²) >= 11 is 0. The number of benzene rings is 2. The predicted octanol–water partition coefficient (Wildman–Crippen LogP) is 3.89. The lowest BCUT2D eigenvalue weighted by molar-refractivity contribution is -0.134. The monoisotopic (exact) mass is 477 g/mol. The van der Waals surface area contributed by atoms with Gasteiger partial charge >= 0.3 is 11.9 Å². The van der Waals surface area contributed by atoms with E-state index in [2.05, 4.69) is 5.32 Å². The minimum atomic E-state index is -2.27. The third kappa shape index (κ3) is 6.04. The molecule has 12 heteroatoms. The summed E-state index contributed by atoms with van der Waals surface area (Å²) in [4.78, 5) is 19.1. The van der Waals surface area contributed by atoms with Gasteiger partial charge in [0.15, 0.2) is 5.75 Å². The number of carbonyl (C=O) groups is 2. The van der Waals surface area contributed by atoms with Crippen molar-refractivity contribution < 1.29 is 50.9 Å². The molecular weight excluding hydrogens is 460 g/mol. The number of hydrogen-bond donors (Lipinski definition) is 3. The van der Waals surface area contributed by atoms with E-state index in [0.29, 0.717) is 25.2 Å². The van der Waals surface area contributed by atoms with E-state index in [4.69, 9.17) is 14.9 Å². The van der Waals surface area contributed by atoms with Gasteiger partial charge in [0.2, 0.25) is 29.1 Å². The molecule has 178 valence electrons. The van der Waals surface area contributed by atoms with E-state index in [0.717, 1.165) is 6.07 Å². The number of ether oxygens (including phenoxy) is 1. The molecule has 0 spiro atoms. The van der Waals surface area contributed by atoms with Gasteiger partial charge in [-0.1, -0.05) is 18.2 Å². The summed E-state index contributed by atoms with van der Waals surface area (Å²) < 4.78 is 87.6. The molecule has 0 unspecified atom stereocenters.